The fourth-order valence-electron chi connectivity index (χ4n) is 3.06. The van der Waals surface area contributed by atoms with Gasteiger partial charge in [0.2, 0.25) is 5.91 Å². The molecule has 1 unspecified atom stereocenters. The smallest absolute Gasteiger partial charge is 0.221 e. The Kier molecular flexibility index (Phi) is 5.99. The van der Waals surface area contributed by atoms with Crippen molar-refractivity contribution in [2.24, 2.45) is 0 Å². The van der Waals surface area contributed by atoms with Crippen molar-refractivity contribution in [3.05, 3.63) is 71.8 Å². The van der Waals surface area contributed by atoms with E-state index >= 15 is 0 Å². The van der Waals surface area contributed by atoms with Gasteiger partial charge in [-0.3, -0.25) is 4.79 Å². The summed E-state index contributed by atoms with van der Waals surface area (Å²) in [5, 5.41) is 6.41. The molecule has 126 valence electrons. The quantitative estimate of drug-likeness (QED) is 0.857. The summed E-state index contributed by atoms with van der Waals surface area (Å²) in [6.45, 7) is 2.74. The lowest BCUT2D eigenvalue weighted by atomic mass is 9.91. The average molecular weight is 324 g/mol. The molecular weight excluding hydrogens is 300 g/mol. The minimum Gasteiger partial charge on any atom is -0.378 e. The van der Waals surface area contributed by atoms with E-state index in [9.17, 15) is 4.79 Å². The molecular formula is C20H24N2O2. The molecule has 1 aliphatic heterocycles. The standard InChI is InChI=1S/C20H24N2O2/c23-20(13-18-15-24-12-11-21-18)22-14-19(16-7-3-1-4-8-16)17-9-5-2-6-10-17/h1-10,18-19,21H,11-15H2,(H,22,23). The molecule has 1 saturated heterocycles. The second kappa shape index (κ2) is 8.62. The van der Waals surface area contributed by atoms with Gasteiger partial charge in [-0.15, -0.1) is 0 Å². The lowest BCUT2D eigenvalue weighted by Crippen LogP contribution is -2.44. The molecule has 3 rings (SSSR count). The van der Waals surface area contributed by atoms with Gasteiger partial charge in [-0.2, -0.15) is 0 Å². The van der Waals surface area contributed by atoms with Crippen LogP contribution >= 0.6 is 0 Å². The SMILES string of the molecule is O=C(CC1COCCN1)NCC(c1ccccc1)c1ccccc1. The maximum atomic E-state index is 12.3. The summed E-state index contributed by atoms with van der Waals surface area (Å²) >= 11 is 0. The number of rotatable bonds is 6. The van der Waals surface area contributed by atoms with Crippen molar-refractivity contribution >= 4 is 5.91 Å². The fourth-order valence-corrected chi connectivity index (χ4v) is 3.06. The second-order valence-corrected chi connectivity index (χ2v) is 6.11. The van der Waals surface area contributed by atoms with E-state index in [0.29, 0.717) is 19.6 Å². The van der Waals surface area contributed by atoms with E-state index in [1.165, 1.54) is 11.1 Å². The van der Waals surface area contributed by atoms with Crippen LogP contribution in [0.1, 0.15) is 23.5 Å². The minimum atomic E-state index is 0.0647. The highest BCUT2D eigenvalue weighted by Crippen LogP contribution is 2.23. The molecule has 1 heterocycles. The fraction of sp³-hybridized carbons (Fsp3) is 0.350. The highest BCUT2D eigenvalue weighted by Gasteiger charge is 2.19. The van der Waals surface area contributed by atoms with E-state index in [4.69, 9.17) is 4.74 Å². The predicted octanol–water partition coefficient (Wildman–Crippen LogP) is 2.31. The van der Waals surface area contributed by atoms with Gasteiger partial charge in [0.05, 0.1) is 13.2 Å². The zero-order valence-corrected chi connectivity index (χ0v) is 13.8. The molecule has 0 radical (unpaired) electrons. The van der Waals surface area contributed by atoms with Gasteiger partial charge in [0.25, 0.3) is 0 Å². The number of hydrogen-bond acceptors (Lipinski definition) is 3. The second-order valence-electron chi connectivity index (χ2n) is 6.11. The Balaban J connectivity index is 1.63. The lowest BCUT2D eigenvalue weighted by Gasteiger charge is -2.24. The van der Waals surface area contributed by atoms with Crippen molar-refractivity contribution in [1.82, 2.24) is 10.6 Å². The van der Waals surface area contributed by atoms with Gasteiger partial charge in [-0.05, 0) is 11.1 Å². The van der Waals surface area contributed by atoms with Crippen LogP contribution in [0.15, 0.2) is 60.7 Å². The Hall–Kier alpha value is -2.17. The normalized spacial score (nSPS) is 17.6. The maximum Gasteiger partial charge on any atom is 0.221 e. The monoisotopic (exact) mass is 324 g/mol. The number of amides is 1. The van der Waals surface area contributed by atoms with Crippen LogP contribution < -0.4 is 10.6 Å². The van der Waals surface area contributed by atoms with Gasteiger partial charge in [-0.1, -0.05) is 60.7 Å². The van der Waals surface area contributed by atoms with E-state index in [2.05, 4.69) is 34.9 Å². The Labute approximate surface area is 143 Å². The molecule has 1 amide bonds. The van der Waals surface area contributed by atoms with Crippen molar-refractivity contribution in [3.63, 3.8) is 0 Å². The van der Waals surface area contributed by atoms with Crippen LogP contribution in [0.25, 0.3) is 0 Å². The molecule has 0 spiro atoms. The van der Waals surface area contributed by atoms with Crippen molar-refractivity contribution in [1.29, 1.82) is 0 Å². The van der Waals surface area contributed by atoms with Gasteiger partial charge >= 0.3 is 0 Å². The number of morpholine rings is 1. The summed E-state index contributed by atoms with van der Waals surface area (Å²) in [7, 11) is 0. The molecule has 2 N–H and O–H groups in total. The van der Waals surface area contributed by atoms with E-state index in [-0.39, 0.29) is 17.9 Å². The van der Waals surface area contributed by atoms with Crippen LogP contribution in [0.4, 0.5) is 0 Å². The highest BCUT2D eigenvalue weighted by molar-refractivity contribution is 5.76. The summed E-state index contributed by atoms with van der Waals surface area (Å²) < 4.78 is 5.40. The minimum absolute atomic E-state index is 0.0647. The Bertz CT molecular complexity index is 585. The van der Waals surface area contributed by atoms with Crippen LogP contribution in [0.2, 0.25) is 0 Å². The van der Waals surface area contributed by atoms with Crippen molar-refractivity contribution in [3.8, 4) is 0 Å². The molecule has 0 aliphatic carbocycles. The molecule has 1 aliphatic rings. The molecule has 0 aromatic heterocycles. The molecule has 1 atom stereocenters. The third-order valence-corrected chi connectivity index (χ3v) is 4.34. The van der Waals surface area contributed by atoms with Gasteiger partial charge in [-0.25, -0.2) is 0 Å². The number of nitrogens with one attached hydrogen (secondary N) is 2. The topological polar surface area (TPSA) is 50.4 Å². The largest absolute Gasteiger partial charge is 0.378 e. The lowest BCUT2D eigenvalue weighted by molar-refractivity contribution is -0.122. The van der Waals surface area contributed by atoms with Crippen molar-refractivity contribution in [2.45, 2.75) is 18.4 Å². The average Bonchev–Trinajstić information content (AvgIpc) is 2.64. The van der Waals surface area contributed by atoms with E-state index < -0.39 is 0 Å². The van der Waals surface area contributed by atoms with Gasteiger partial charge in [0.1, 0.15) is 0 Å². The van der Waals surface area contributed by atoms with Crippen LogP contribution in [0.3, 0.4) is 0 Å². The first-order valence-corrected chi connectivity index (χ1v) is 8.50. The Morgan fingerprint density at radius 3 is 2.25 bits per heavy atom. The summed E-state index contributed by atoms with van der Waals surface area (Å²) in [6.07, 6.45) is 0.455. The molecule has 2 aromatic rings. The van der Waals surface area contributed by atoms with Crippen LogP contribution in [-0.4, -0.2) is 38.3 Å². The van der Waals surface area contributed by atoms with Crippen LogP contribution in [-0.2, 0) is 9.53 Å². The highest BCUT2D eigenvalue weighted by atomic mass is 16.5. The third kappa shape index (κ3) is 4.66. The summed E-state index contributed by atoms with van der Waals surface area (Å²) in [5.41, 5.74) is 2.42. The molecule has 2 aromatic carbocycles. The van der Waals surface area contributed by atoms with Crippen molar-refractivity contribution < 1.29 is 9.53 Å². The first kappa shape index (κ1) is 16.7. The molecule has 24 heavy (non-hydrogen) atoms. The van der Waals surface area contributed by atoms with Crippen molar-refractivity contribution in [2.75, 3.05) is 26.3 Å². The van der Waals surface area contributed by atoms with Crippen LogP contribution in [0, 0.1) is 0 Å². The number of benzene rings is 2. The van der Waals surface area contributed by atoms with Gasteiger partial charge in [0, 0.05) is 31.5 Å². The number of carbonyl (C=O) groups is 1. The summed E-state index contributed by atoms with van der Waals surface area (Å²) in [5.74, 6) is 0.224. The predicted molar refractivity (Wildman–Crippen MR) is 95.0 cm³/mol. The molecule has 0 saturated carbocycles. The maximum absolute atomic E-state index is 12.3. The number of carbonyl (C=O) groups excluding carboxylic acids is 1. The molecule has 4 heteroatoms. The summed E-state index contributed by atoms with van der Waals surface area (Å²) in [4.78, 5) is 12.3. The Morgan fingerprint density at radius 1 is 1.08 bits per heavy atom. The Morgan fingerprint density at radius 2 is 1.71 bits per heavy atom. The molecule has 1 fully saturated rings. The first-order chi connectivity index (χ1) is 11.8. The summed E-state index contributed by atoms with van der Waals surface area (Å²) in [6, 6.07) is 20.7. The number of hydrogen-bond donors (Lipinski definition) is 2. The zero-order chi connectivity index (χ0) is 16.6. The third-order valence-electron chi connectivity index (χ3n) is 4.34. The zero-order valence-electron chi connectivity index (χ0n) is 13.8. The molecule has 0 bridgehead atoms. The van der Waals surface area contributed by atoms with Gasteiger partial charge < -0.3 is 15.4 Å². The van der Waals surface area contributed by atoms with Crippen LogP contribution in [0.5, 0.6) is 0 Å². The van der Waals surface area contributed by atoms with E-state index in [1.54, 1.807) is 0 Å². The van der Waals surface area contributed by atoms with Gasteiger partial charge in [0.15, 0.2) is 0 Å². The van der Waals surface area contributed by atoms with E-state index in [1.807, 2.05) is 36.4 Å². The molecule has 4 nitrogen and oxygen atoms in total. The first-order valence-electron chi connectivity index (χ1n) is 8.50. The number of ether oxygens (including phenoxy) is 1. The van der Waals surface area contributed by atoms with E-state index in [0.717, 1.165) is 13.2 Å².